The van der Waals surface area contributed by atoms with Crippen molar-refractivity contribution in [2.24, 2.45) is 0 Å². The molecule has 5 nitrogen and oxygen atoms in total. The standard InChI is InChI=1S/C15H14BrNO4/c1-3-20-15-9-12(6-7-13(15)17(18)19)21-14-8-11(16)5-4-10(14)2/h4-9H,3H2,1-2H3. The maximum Gasteiger partial charge on any atom is 0.311 e. The summed E-state index contributed by atoms with van der Waals surface area (Å²) in [5, 5.41) is 10.9. The molecule has 0 heterocycles. The van der Waals surface area contributed by atoms with Gasteiger partial charge in [0.2, 0.25) is 5.75 Å². The molecule has 0 bridgehead atoms. The minimum Gasteiger partial charge on any atom is -0.487 e. The normalized spacial score (nSPS) is 10.2. The largest absolute Gasteiger partial charge is 0.487 e. The Bertz CT molecular complexity index is 673. The molecular formula is C15H14BrNO4. The van der Waals surface area contributed by atoms with E-state index in [-0.39, 0.29) is 11.4 Å². The van der Waals surface area contributed by atoms with Crippen LogP contribution in [0.4, 0.5) is 5.69 Å². The van der Waals surface area contributed by atoms with Crippen LogP contribution in [0.1, 0.15) is 12.5 Å². The summed E-state index contributed by atoms with van der Waals surface area (Å²) < 4.78 is 12.0. The lowest BCUT2D eigenvalue weighted by Gasteiger charge is -2.11. The summed E-state index contributed by atoms with van der Waals surface area (Å²) in [6, 6.07) is 10.2. The van der Waals surface area contributed by atoms with E-state index in [2.05, 4.69) is 15.9 Å². The van der Waals surface area contributed by atoms with Gasteiger partial charge in [-0.2, -0.15) is 0 Å². The molecule has 110 valence electrons. The topological polar surface area (TPSA) is 61.6 Å². The van der Waals surface area contributed by atoms with E-state index in [0.29, 0.717) is 18.1 Å². The molecule has 0 fully saturated rings. The second-order valence-corrected chi connectivity index (χ2v) is 5.25. The summed E-state index contributed by atoms with van der Waals surface area (Å²) in [7, 11) is 0. The lowest BCUT2D eigenvalue weighted by molar-refractivity contribution is -0.385. The summed E-state index contributed by atoms with van der Waals surface area (Å²) in [4.78, 5) is 10.5. The fourth-order valence-corrected chi connectivity index (χ4v) is 2.13. The first kappa shape index (κ1) is 15.3. The van der Waals surface area contributed by atoms with Crippen molar-refractivity contribution >= 4 is 21.6 Å². The summed E-state index contributed by atoms with van der Waals surface area (Å²) in [5.74, 6) is 1.37. The van der Waals surface area contributed by atoms with Crippen LogP contribution in [-0.2, 0) is 0 Å². The first-order chi connectivity index (χ1) is 10.0. The number of ether oxygens (including phenoxy) is 2. The number of halogens is 1. The van der Waals surface area contributed by atoms with Crippen LogP contribution in [0.15, 0.2) is 40.9 Å². The molecule has 2 aromatic carbocycles. The molecule has 0 spiro atoms. The van der Waals surface area contributed by atoms with Gasteiger partial charge in [0, 0.05) is 16.6 Å². The molecule has 0 aliphatic carbocycles. The number of nitro groups is 1. The molecule has 0 amide bonds. The van der Waals surface area contributed by atoms with E-state index >= 15 is 0 Å². The Kier molecular flexibility index (Phi) is 4.80. The smallest absolute Gasteiger partial charge is 0.311 e. The van der Waals surface area contributed by atoms with E-state index in [4.69, 9.17) is 9.47 Å². The molecule has 21 heavy (non-hydrogen) atoms. The number of benzene rings is 2. The van der Waals surface area contributed by atoms with Crippen LogP contribution in [0.25, 0.3) is 0 Å². The first-order valence-corrected chi connectivity index (χ1v) is 7.15. The summed E-state index contributed by atoms with van der Waals surface area (Å²) >= 11 is 3.39. The van der Waals surface area contributed by atoms with Gasteiger partial charge in [-0.1, -0.05) is 22.0 Å². The minimum atomic E-state index is -0.473. The van der Waals surface area contributed by atoms with Crippen LogP contribution in [-0.4, -0.2) is 11.5 Å². The zero-order valence-corrected chi connectivity index (χ0v) is 13.2. The molecule has 0 saturated carbocycles. The van der Waals surface area contributed by atoms with Gasteiger partial charge in [-0.15, -0.1) is 0 Å². The van der Waals surface area contributed by atoms with Crippen molar-refractivity contribution in [2.75, 3.05) is 6.61 Å². The third kappa shape index (κ3) is 3.72. The van der Waals surface area contributed by atoms with E-state index < -0.39 is 4.92 Å². The quantitative estimate of drug-likeness (QED) is 0.570. The highest BCUT2D eigenvalue weighted by molar-refractivity contribution is 9.10. The van der Waals surface area contributed by atoms with Gasteiger partial charge in [-0.25, -0.2) is 0 Å². The van der Waals surface area contributed by atoms with Crippen LogP contribution in [0.5, 0.6) is 17.2 Å². The third-order valence-electron chi connectivity index (χ3n) is 2.81. The van der Waals surface area contributed by atoms with Crippen LogP contribution >= 0.6 is 15.9 Å². The van der Waals surface area contributed by atoms with Crippen LogP contribution in [0, 0.1) is 17.0 Å². The Hall–Kier alpha value is -2.08. The molecule has 2 rings (SSSR count). The molecule has 0 aliphatic heterocycles. The highest BCUT2D eigenvalue weighted by atomic mass is 79.9. The van der Waals surface area contributed by atoms with Crippen LogP contribution < -0.4 is 9.47 Å². The predicted octanol–water partition coefficient (Wildman–Crippen LogP) is 4.86. The molecule has 6 heteroatoms. The van der Waals surface area contributed by atoms with Gasteiger partial charge in [-0.05, 0) is 37.6 Å². The van der Waals surface area contributed by atoms with Crippen LogP contribution in [0.3, 0.4) is 0 Å². The van der Waals surface area contributed by atoms with Crippen molar-refractivity contribution in [3.05, 3.63) is 56.5 Å². The molecule has 0 radical (unpaired) electrons. The second-order valence-electron chi connectivity index (χ2n) is 4.33. The van der Waals surface area contributed by atoms with Gasteiger partial charge in [0.25, 0.3) is 0 Å². The van der Waals surface area contributed by atoms with Gasteiger partial charge in [0.1, 0.15) is 11.5 Å². The highest BCUT2D eigenvalue weighted by Gasteiger charge is 2.16. The van der Waals surface area contributed by atoms with E-state index in [0.717, 1.165) is 10.0 Å². The molecule has 0 unspecified atom stereocenters. The van der Waals surface area contributed by atoms with Gasteiger partial charge in [-0.3, -0.25) is 10.1 Å². The van der Waals surface area contributed by atoms with Gasteiger partial charge in [0.05, 0.1) is 11.5 Å². The zero-order chi connectivity index (χ0) is 15.4. The van der Waals surface area contributed by atoms with Gasteiger partial charge in [0.15, 0.2) is 0 Å². The number of nitrogens with zero attached hydrogens (tertiary/aromatic N) is 1. The number of rotatable bonds is 5. The Morgan fingerprint density at radius 2 is 1.95 bits per heavy atom. The van der Waals surface area contributed by atoms with E-state index in [1.807, 2.05) is 25.1 Å². The van der Waals surface area contributed by atoms with Crippen molar-refractivity contribution < 1.29 is 14.4 Å². The Morgan fingerprint density at radius 3 is 2.62 bits per heavy atom. The molecule has 0 saturated heterocycles. The fraction of sp³-hybridized carbons (Fsp3) is 0.200. The maximum absolute atomic E-state index is 10.9. The number of hydrogen-bond donors (Lipinski definition) is 0. The number of nitro benzene ring substituents is 1. The monoisotopic (exact) mass is 351 g/mol. The van der Waals surface area contributed by atoms with E-state index in [9.17, 15) is 10.1 Å². The van der Waals surface area contributed by atoms with E-state index in [1.54, 1.807) is 13.0 Å². The lowest BCUT2D eigenvalue weighted by atomic mass is 10.2. The molecule has 0 N–H and O–H groups in total. The molecular weight excluding hydrogens is 338 g/mol. The molecule has 0 atom stereocenters. The Morgan fingerprint density at radius 1 is 1.19 bits per heavy atom. The van der Waals surface area contributed by atoms with Crippen LogP contribution in [0.2, 0.25) is 0 Å². The maximum atomic E-state index is 10.9. The summed E-state index contributed by atoms with van der Waals surface area (Å²) in [6.45, 7) is 4.05. The average molecular weight is 352 g/mol. The summed E-state index contributed by atoms with van der Waals surface area (Å²) in [5.41, 5.74) is 0.893. The van der Waals surface area contributed by atoms with Crippen molar-refractivity contribution in [3.8, 4) is 17.2 Å². The number of hydrogen-bond acceptors (Lipinski definition) is 4. The van der Waals surface area contributed by atoms with Gasteiger partial charge >= 0.3 is 5.69 Å². The van der Waals surface area contributed by atoms with Crippen molar-refractivity contribution in [1.29, 1.82) is 0 Å². The average Bonchev–Trinajstić information content (AvgIpc) is 2.43. The number of aryl methyl sites for hydroxylation is 1. The van der Waals surface area contributed by atoms with Crippen molar-refractivity contribution in [3.63, 3.8) is 0 Å². The predicted molar refractivity (Wildman–Crippen MR) is 83.2 cm³/mol. The highest BCUT2D eigenvalue weighted by Crippen LogP contribution is 2.34. The first-order valence-electron chi connectivity index (χ1n) is 6.36. The SMILES string of the molecule is CCOc1cc(Oc2cc(Br)ccc2C)ccc1[N+](=O)[O-]. The third-order valence-corrected chi connectivity index (χ3v) is 3.30. The van der Waals surface area contributed by atoms with Crippen molar-refractivity contribution in [1.82, 2.24) is 0 Å². The second kappa shape index (κ2) is 6.58. The molecule has 0 aromatic heterocycles. The Balaban J connectivity index is 2.34. The van der Waals surface area contributed by atoms with E-state index in [1.165, 1.54) is 12.1 Å². The minimum absolute atomic E-state index is 0.0739. The molecule has 2 aromatic rings. The van der Waals surface area contributed by atoms with Gasteiger partial charge < -0.3 is 9.47 Å². The lowest BCUT2D eigenvalue weighted by Crippen LogP contribution is -1.98. The Labute approximate surface area is 130 Å². The fourth-order valence-electron chi connectivity index (χ4n) is 1.79. The zero-order valence-electron chi connectivity index (χ0n) is 11.6. The summed E-state index contributed by atoms with van der Waals surface area (Å²) in [6.07, 6.45) is 0. The van der Waals surface area contributed by atoms with Crippen molar-refractivity contribution in [2.45, 2.75) is 13.8 Å². The molecule has 0 aliphatic rings.